The molecule has 150 valence electrons. The molecule has 0 bridgehead atoms. The summed E-state index contributed by atoms with van der Waals surface area (Å²) >= 11 is 0. The number of nitrogens with zero attached hydrogens (tertiary/aromatic N) is 1. The molecule has 0 aliphatic carbocycles. The molecule has 0 aliphatic rings. The summed E-state index contributed by atoms with van der Waals surface area (Å²) < 4.78 is 26.3. The van der Waals surface area contributed by atoms with Gasteiger partial charge in [-0.25, -0.2) is 8.78 Å². The van der Waals surface area contributed by atoms with Crippen molar-refractivity contribution in [1.29, 1.82) is 0 Å². The number of amides is 2. The maximum Gasteiger partial charge on any atom is 0.279 e. The molecular weight excluding hydrogens is 364 g/mol. The standard InChI is InChI=1S/C21H25F2N3O2/c1-4-26(5-2)21(28)15-6-9-17(10-7-15)25-20(27)13-24-14(3)16-8-11-18(22)19(23)12-16/h6-12,14,24H,4-5,13H2,1-3H3,(H,25,27)/p+1/t14-/m1/s1. The fraction of sp³-hybridized carbons (Fsp3) is 0.333. The Hall–Kier alpha value is -2.80. The molecule has 2 aromatic carbocycles. The average Bonchev–Trinajstić information content (AvgIpc) is 2.69. The third-order valence-corrected chi connectivity index (χ3v) is 4.59. The number of carbonyl (C=O) groups is 2. The number of nitrogens with one attached hydrogen (secondary N) is 1. The third-order valence-electron chi connectivity index (χ3n) is 4.59. The lowest BCUT2D eigenvalue weighted by Gasteiger charge is -2.18. The minimum absolute atomic E-state index is 0.0448. The average molecular weight is 390 g/mol. The molecule has 0 fully saturated rings. The maximum atomic E-state index is 13.3. The molecule has 28 heavy (non-hydrogen) atoms. The summed E-state index contributed by atoms with van der Waals surface area (Å²) in [6.45, 7) is 7.06. The second-order valence-electron chi connectivity index (χ2n) is 6.51. The van der Waals surface area contributed by atoms with Crippen LogP contribution in [0.2, 0.25) is 0 Å². The first-order valence-electron chi connectivity index (χ1n) is 9.33. The fourth-order valence-electron chi connectivity index (χ4n) is 2.82. The van der Waals surface area contributed by atoms with E-state index >= 15 is 0 Å². The maximum absolute atomic E-state index is 13.3. The van der Waals surface area contributed by atoms with Crippen molar-refractivity contribution in [2.75, 3.05) is 25.0 Å². The van der Waals surface area contributed by atoms with Crippen LogP contribution in [-0.4, -0.2) is 36.3 Å². The van der Waals surface area contributed by atoms with Gasteiger partial charge in [-0.2, -0.15) is 0 Å². The number of carbonyl (C=O) groups excluding carboxylic acids is 2. The zero-order valence-electron chi connectivity index (χ0n) is 16.3. The summed E-state index contributed by atoms with van der Waals surface area (Å²) in [5, 5.41) is 4.50. The molecule has 0 saturated carbocycles. The van der Waals surface area contributed by atoms with Gasteiger partial charge in [0.15, 0.2) is 18.2 Å². The summed E-state index contributed by atoms with van der Waals surface area (Å²) in [4.78, 5) is 26.1. The van der Waals surface area contributed by atoms with Crippen molar-refractivity contribution in [3.8, 4) is 0 Å². The third kappa shape index (κ3) is 5.60. The Kier molecular flexibility index (Phi) is 7.63. The molecule has 0 spiro atoms. The van der Waals surface area contributed by atoms with Crippen LogP contribution in [0.25, 0.3) is 0 Å². The zero-order valence-corrected chi connectivity index (χ0v) is 16.3. The zero-order chi connectivity index (χ0) is 20.7. The number of nitrogens with two attached hydrogens (primary N) is 1. The molecule has 2 rings (SSSR count). The number of halogens is 2. The Bertz CT molecular complexity index is 821. The van der Waals surface area contributed by atoms with E-state index in [1.54, 1.807) is 34.5 Å². The van der Waals surface area contributed by atoms with Gasteiger partial charge in [-0.15, -0.1) is 0 Å². The van der Waals surface area contributed by atoms with Gasteiger partial charge < -0.3 is 15.5 Å². The van der Waals surface area contributed by atoms with Crippen LogP contribution in [0.1, 0.15) is 42.7 Å². The van der Waals surface area contributed by atoms with Gasteiger partial charge in [-0.05, 0) is 63.2 Å². The van der Waals surface area contributed by atoms with Gasteiger partial charge in [-0.1, -0.05) is 0 Å². The highest BCUT2D eigenvalue weighted by Crippen LogP contribution is 2.14. The van der Waals surface area contributed by atoms with E-state index in [0.29, 0.717) is 29.9 Å². The van der Waals surface area contributed by atoms with E-state index in [1.165, 1.54) is 6.07 Å². The largest absolute Gasteiger partial charge is 0.339 e. The Morgan fingerprint density at radius 1 is 1.04 bits per heavy atom. The number of hydrogen-bond donors (Lipinski definition) is 2. The van der Waals surface area contributed by atoms with Gasteiger partial charge in [0.1, 0.15) is 6.04 Å². The molecule has 0 saturated heterocycles. The minimum atomic E-state index is -0.901. The number of rotatable bonds is 8. The lowest BCUT2D eigenvalue weighted by Crippen LogP contribution is -2.86. The molecule has 3 N–H and O–H groups in total. The van der Waals surface area contributed by atoms with Crippen LogP contribution in [0.3, 0.4) is 0 Å². The normalized spacial score (nSPS) is 11.8. The molecule has 2 amide bonds. The molecule has 0 aliphatic heterocycles. The SMILES string of the molecule is CCN(CC)C(=O)c1ccc(NC(=O)C[NH2+][C@H](C)c2ccc(F)c(F)c2)cc1. The highest BCUT2D eigenvalue weighted by atomic mass is 19.2. The Morgan fingerprint density at radius 2 is 1.68 bits per heavy atom. The van der Waals surface area contributed by atoms with E-state index in [4.69, 9.17) is 0 Å². The molecule has 2 aromatic rings. The first-order valence-corrected chi connectivity index (χ1v) is 9.33. The van der Waals surface area contributed by atoms with Gasteiger partial charge in [0.2, 0.25) is 0 Å². The van der Waals surface area contributed by atoms with E-state index < -0.39 is 11.6 Å². The first-order chi connectivity index (χ1) is 13.3. The molecule has 5 nitrogen and oxygen atoms in total. The minimum Gasteiger partial charge on any atom is -0.339 e. The van der Waals surface area contributed by atoms with Gasteiger partial charge in [-0.3, -0.25) is 9.59 Å². The van der Waals surface area contributed by atoms with Gasteiger partial charge in [0, 0.05) is 29.9 Å². The van der Waals surface area contributed by atoms with Crippen LogP contribution in [0.15, 0.2) is 42.5 Å². The van der Waals surface area contributed by atoms with E-state index in [2.05, 4.69) is 5.32 Å². The molecule has 1 atom stereocenters. The smallest absolute Gasteiger partial charge is 0.279 e. The van der Waals surface area contributed by atoms with E-state index in [-0.39, 0.29) is 24.4 Å². The molecule has 0 heterocycles. The van der Waals surface area contributed by atoms with Crippen molar-refractivity contribution < 1.29 is 23.7 Å². The predicted octanol–water partition coefficient (Wildman–Crippen LogP) is 2.71. The number of anilines is 1. The highest BCUT2D eigenvalue weighted by molar-refractivity contribution is 5.96. The van der Waals surface area contributed by atoms with Gasteiger partial charge in [0.05, 0.1) is 0 Å². The Balaban J connectivity index is 1.88. The van der Waals surface area contributed by atoms with E-state index in [0.717, 1.165) is 12.1 Å². The van der Waals surface area contributed by atoms with Crippen molar-refractivity contribution in [1.82, 2.24) is 4.90 Å². The van der Waals surface area contributed by atoms with Crippen molar-refractivity contribution in [2.24, 2.45) is 0 Å². The molecule has 7 heteroatoms. The quantitative estimate of drug-likeness (QED) is 0.728. The lowest BCUT2D eigenvalue weighted by molar-refractivity contribution is -0.682. The Labute approximate surface area is 163 Å². The number of hydrogen-bond acceptors (Lipinski definition) is 2. The number of benzene rings is 2. The van der Waals surface area contributed by atoms with Crippen molar-refractivity contribution >= 4 is 17.5 Å². The summed E-state index contributed by atoms with van der Waals surface area (Å²) in [7, 11) is 0. The summed E-state index contributed by atoms with van der Waals surface area (Å²) in [6, 6.07) is 10.3. The van der Waals surface area contributed by atoms with E-state index in [9.17, 15) is 18.4 Å². The van der Waals surface area contributed by atoms with Crippen LogP contribution in [0, 0.1) is 11.6 Å². The second-order valence-corrected chi connectivity index (χ2v) is 6.51. The van der Waals surface area contributed by atoms with Crippen LogP contribution < -0.4 is 10.6 Å². The molecular formula is C21H26F2N3O2+. The van der Waals surface area contributed by atoms with Crippen LogP contribution >= 0.6 is 0 Å². The topological polar surface area (TPSA) is 66.0 Å². The summed E-state index contributed by atoms with van der Waals surface area (Å²) in [5.41, 5.74) is 1.76. The predicted molar refractivity (Wildman–Crippen MR) is 104 cm³/mol. The molecule has 0 radical (unpaired) electrons. The Morgan fingerprint density at radius 3 is 2.25 bits per heavy atom. The van der Waals surface area contributed by atoms with Gasteiger partial charge in [0.25, 0.3) is 11.8 Å². The number of quaternary nitrogens is 1. The monoisotopic (exact) mass is 390 g/mol. The van der Waals surface area contributed by atoms with Gasteiger partial charge >= 0.3 is 0 Å². The first kappa shape index (κ1) is 21.5. The molecule has 0 aromatic heterocycles. The van der Waals surface area contributed by atoms with Crippen molar-refractivity contribution in [2.45, 2.75) is 26.8 Å². The highest BCUT2D eigenvalue weighted by Gasteiger charge is 2.15. The molecule has 0 unspecified atom stereocenters. The van der Waals surface area contributed by atoms with Crippen LogP contribution in [-0.2, 0) is 4.79 Å². The summed E-state index contributed by atoms with van der Waals surface area (Å²) in [6.07, 6.45) is 0. The lowest BCUT2D eigenvalue weighted by atomic mass is 10.1. The van der Waals surface area contributed by atoms with Crippen LogP contribution in [0.5, 0.6) is 0 Å². The van der Waals surface area contributed by atoms with Crippen molar-refractivity contribution in [3.05, 3.63) is 65.2 Å². The fourth-order valence-corrected chi connectivity index (χ4v) is 2.82. The summed E-state index contributed by atoms with van der Waals surface area (Å²) in [5.74, 6) is -2.06. The van der Waals surface area contributed by atoms with Crippen LogP contribution in [0.4, 0.5) is 14.5 Å². The van der Waals surface area contributed by atoms with E-state index in [1.807, 2.05) is 20.8 Å². The van der Waals surface area contributed by atoms with Crippen molar-refractivity contribution in [3.63, 3.8) is 0 Å². The second kappa shape index (κ2) is 9.94.